The van der Waals surface area contributed by atoms with Gasteiger partial charge in [0.15, 0.2) is 0 Å². The Morgan fingerprint density at radius 1 is 1.33 bits per heavy atom. The maximum atomic E-state index is 4.32. The summed E-state index contributed by atoms with van der Waals surface area (Å²) in [5.41, 5.74) is 3.65. The van der Waals surface area contributed by atoms with Crippen LogP contribution < -0.4 is 0 Å². The molecule has 0 unspecified atom stereocenters. The molecule has 0 spiro atoms. The lowest BCUT2D eigenvalue weighted by Crippen LogP contribution is -2.14. The van der Waals surface area contributed by atoms with Crippen LogP contribution in [0.3, 0.4) is 0 Å². The lowest BCUT2D eigenvalue weighted by molar-refractivity contribution is 0.583. The second-order valence-electron chi connectivity index (χ2n) is 4.71. The first-order valence-electron chi connectivity index (χ1n) is 5.21. The van der Waals surface area contributed by atoms with Gasteiger partial charge in [0, 0.05) is 6.20 Å². The Balaban J connectivity index is 3.28. The van der Waals surface area contributed by atoms with Crippen LogP contribution in [0.25, 0.3) is 6.08 Å². The molecular weight excluding hydrogens is 182 g/mol. The highest BCUT2D eigenvalue weighted by molar-refractivity contribution is 5.46. The number of hydrogen-bond acceptors (Lipinski definition) is 1. The normalized spacial score (nSPS) is 11.1. The Kier molecular flexibility index (Phi) is 3.46. The summed E-state index contributed by atoms with van der Waals surface area (Å²) in [6.45, 7) is 14.2. The van der Waals surface area contributed by atoms with Crippen molar-refractivity contribution in [2.45, 2.75) is 32.6 Å². The van der Waals surface area contributed by atoms with Crippen LogP contribution in [0, 0.1) is 0 Å². The van der Waals surface area contributed by atoms with E-state index >= 15 is 0 Å². The first kappa shape index (κ1) is 11.7. The van der Waals surface area contributed by atoms with E-state index in [-0.39, 0.29) is 5.41 Å². The van der Waals surface area contributed by atoms with Gasteiger partial charge in [-0.05, 0) is 35.1 Å². The quantitative estimate of drug-likeness (QED) is 0.679. The minimum absolute atomic E-state index is 0.138. The highest BCUT2D eigenvalue weighted by Crippen LogP contribution is 2.26. The van der Waals surface area contributed by atoms with Crippen molar-refractivity contribution in [1.82, 2.24) is 4.98 Å². The number of allylic oxidation sites excluding steroid dienone is 1. The molecule has 1 rings (SSSR count). The first-order valence-corrected chi connectivity index (χ1v) is 5.21. The molecule has 1 nitrogen and oxygen atoms in total. The molecule has 0 radical (unpaired) electrons. The van der Waals surface area contributed by atoms with Crippen LogP contribution in [-0.2, 0) is 11.8 Å². The van der Waals surface area contributed by atoms with Gasteiger partial charge < -0.3 is 0 Å². The molecule has 0 aliphatic carbocycles. The first-order chi connectivity index (χ1) is 6.99. The van der Waals surface area contributed by atoms with Crippen LogP contribution in [0.15, 0.2) is 31.5 Å². The van der Waals surface area contributed by atoms with Gasteiger partial charge in [0.2, 0.25) is 0 Å². The SMILES string of the molecule is C=CCc1cnc(C=C)cc1C(C)(C)C. The number of pyridine rings is 1. The van der Waals surface area contributed by atoms with Crippen LogP contribution in [0.5, 0.6) is 0 Å². The van der Waals surface area contributed by atoms with Gasteiger partial charge in [0.25, 0.3) is 0 Å². The van der Waals surface area contributed by atoms with Gasteiger partial charge in [-0.3, -0.25) is 4.98 Å². The van der Waals surface area contributed by atoms with Crippen molar-refractivity contribution < 1.29 is 0 Å². The highest BCUT2D eigenvalue weighted by Gasteiger charge is 2.17. The van der Waals surface area contributed by atoms with Crippen LogP contribution in [0.4, 0.5) is 0 Å². The number of rotatable bonds is 3. The van der Waals surface area contributed by atoms with E-state index in [1.807, 2.05) is 12.3 Å². The van der Waals surface area contributed by atoms with Crippen molar-refractivity contribution in [3.63, 3.8) is 0 Å². The third-order valence-corrected chi connectivity index (χ3v) is 2.39. The summed E-state index contributed by atoms with van der Waals surface area (Å²) in [5, 5.41) is 0. The maximum absolute atomic E-state index is 4.32. The third kappa shape index (κ3) is 2.79. The predicted octanol–water partition coefficient (Wildman–Crippen LogP) is 3.75. The van der Waals surface area contributed by atoms with E-state index in [1.165, 1.54) is 11.1 Å². The van der Waals surface area contributed by atoms with E-state index < -0.39 is 0 Å². The van der Waals surface area contributed by atoms with Gasteiger partial charge in [0.1, 0.15) is 0 Å². The standard InChI is InChI=1S/C14H19N/c1-6-8-11-10-15-12(7-2)9-13(11)14(3,4)5/h6-7,9-10H,1-2,8H2,3-5H3. The molecule has 0 saturated carbocycles. The molecule has 1 aromatic rings. The van der Waals surface area contributed by atoms with Crippen LogP contribution >= 0.6 is 0 Å². The number of hydrogen-bond donors (Lipinski definition) is 0. The summed E-state index contributed by atoms with van der Waals surface area (Å²) >= 11 is 0. The second-order valence-corrected chi connectivity index (χ2v) is 4.71. The summed E-state index contributed by atoms with van der Waals surface area (Å²) in [6.07, 6.45) is 6.50. The van der Waals surface area contributed by atoms with Crippen molar-refractivity contribution in [2.75, 3.05) is 0 Å². The Bertz CT molecular complexity index is 369. The summed E-state index contributed by atoms with van der Waals surface area (Å²) in [4.78, 5) is 4.32. The van der Waals surface area contributed by atoms with Gasteiger partial charge in [-0.1, -0.05) is 33.4 Å². The van der Waals surface area contributed by atoms with E-state index in [4.69, 9.17) is 0 Å². The molecule has 1 heteroatoms. The third-order valence-electron chi connectivity index (χ3n) is 2.39. The average Bonchev–Trinajstić information content (AvgIpc) is 2.17. The van der Waals surface area contributed by atoms with Crippen LogP contribution in [0.2, 0.25) is 0 Å². The largest absolute Gasteiger partial charge is 0.257 e. The summed E-state index contributed by atoms with van der Waals surface area (Å²) < 4.78 is 0. The fraction of sp³-hybridized carbons (Fsp3) is 0.357. The van der Waals surface area contributed by atoms with Crippen LogP contribution in [-0.4, -0.2) is 4.98 Å². The van der Waals surface area contributed by atoms with Crippen molar-refractivity contribution >= 4 is 6.08 Å². The van der Waals surface area contributed by atoms with Crippen molar-refractivity contribution in [3.05, 3.63) is 48.3 Å². The number of aromatic nitrogens is 1. The zero-order valence-electron chi connectivity index (χ0n) is 9.88. The molecule has 15 heavy (non-hydrogen) atoms. The molecule has 1 heterocycles. The van der Waals surface area contributed by atoms with Crippen molar-refractivity contribution in [1.29, 1.82) is 0 Å². The molecule has 0 fully saturated rings. The second kappa shape index (κ2) is 4.43. The molecule has 80 valence electrons. The Morgan fingerprint density at radius 3 is 2.47 bits per heavy atom. The fourth-order valence-corrected chi connectivity index (χ4v) is 1.63. The minimum Gasteiger partial charge on any atom is -0.257 e. The number of nitrogens with zero attached hydrogens (tertiary/aromatic N) is 1. The molecule has 0 bridgehead atoms. The smallest absolute Gasteiger partial charge is 0.0626 e. The van der Waals surface area contributed by atoms with E-state index in [9.17, 15) is 0 Å². The van der Waals surface area contributed by atoms with E-state index in [2.05, 4.69) is 45.0 Å². The Labute approximate surface area is 92.6 Å². The molecule has 0 atom stereocenters. The minimum atomic E-state index is 0.138. The molecule has 0 amide bonds. The van der Waals surface area contributed by atoms with Crippen molar-refractivity contribution in [3.8, 4) is 0 Å². The lowest BCUT2D eigenvalue weighted by atomic mass is 9.83. The lowest BCUT2D eigenvalue weighted by Gasteiger charge is -2.22. The zero-order valence-corrected chi connectivity index (χ0v) is 9.88. The van der Waals surface area contributed by atoms with Gasteiger partial charge in [-0.15, -0.1) is 6.58 Å². The molecule has 0 aliphatic heterocycles. The molecule has 0 aliphatic rings. The molecular formula is C14H19N. The van der Waals surface area contributed by atoms with Gasteiger partial charge >= 0.3 is 0 Å². The van der Waals surface area contributed by atoms with E-state index in [0.717, 1.165) is 12.1 Å². The summed E-state index contributed by atoms with van der Waals surface area (Å²) in [6, 6.07) is 2.12. The predicted molar refractivity (Wildman–Crippen MR) is 66.9 cm³/mol. The molecule has 1 aromatic heterocycles. The Morgan fingerprint density at radius 2 is 2.00 bits per heavy atom. The monoisotopic (exact) mass is 201 g/mol. The summed E-state index contributed by atoms with van der Waals surface area (Å²) in [7, 11) is 0. The Hall–Kier alpha value is -1.37. The molecule has 0 aromatic carbocycles. The van der Waals surface area contributed by atoms with E-state index in [0.29, 0.717) is 0 Å². The molecule has 0 N–H and O–H groups in total. The van der Waals surface area contributed by atoms with Gasteiger partial charge in [-0.25, -0.2) is 0 Å². The maximum Gasteiger partial charge on any atom is 0.0626 e. The molecule has 0 saturated heterocycles. The highest BCUT2D eigenvalue weighted by atomic mass is 14.7. The van der Waals surface area contributed by atoms with E-state index in [1.54, 1.807) is 6.08 Å². The fourth-order valence-electron chi connectivity index (χ4n) is 1.63. The van der Waals surface area contributed by atoms with Crippen molar-refractivity contribution in [2.24, 2.45) is 0 Å². The topological polar surface area (TPSA) is 12.9 Å². The zero-order chi connectivity index (χ0) is 11.5. The van der Waals surface area contributed by atoms with Gasteiger partial charge in [-0.2, -0.15) is 0 Å². The average molecular weight is 201 g/mol. The van der Waals surface area contributed by atoms with Crippen LogP contribution in [0.1, 0.15) is 37.6 Å². The summed E-state index contributed by atoms with van der Waals surface area (Å²) in [5.74, 6) is 0. The van der Waals surface area contributed by atoms with Gasteiger partial charge in [0.05, 0.1) is 5.69 Å².